The van der Waals surface area contributed by atoms with E-state index >= 15 is 0 Å². The topological polar surface area (TPSA) is 52.0 Å². The highest BCUT2D eigenvalue weighted by Crippen LogP contribution is 2.19. The van der Waals surface area contributed by atoms with Crippen LogP contribution in [0.25, 0.3) is 0 Å². The van der Waals surface area contributed by atoms with Crippen LogP contribution in [0, 0.1) is 0 Å². The molecule has 4 heteroatoms. The number of aromatic nitrogens is 1. The summed E-state index contributed by atoms with van der Waals surface area (Å²) < 4.78 is 5.15. The summed E-state index contributed by atoms with van der Waals surface area (Å²) in [6.45, 7) is 0. The van der Waals surface area contributed by atoms with Gasteiger partial charge >= 0.3 is 0 Å². The van der Waals surface area contributed by atoms with Crippen molar-refractivity contribution < 1.29 is 4.42 Å². The van der Waals surface area contributed by atoms with Crippen molar-refractivity contribution in [3.8, 4) is 0 Å². The Hall–Kier alpha value is -1.48. The van der Waals surface area contributed by atoms with E-state index in [1.165, 1.54) is 0 Å². The molecule has 1 aromatic heterocycles. The molecule has 3 nitrogen and oxygen atoms in total. The molecule has 2 aromatic rings. The molecule has 0 aliphatic rings. The lowest BCUT2D eigenvalue weighted by atomic mass is 10.1. The lowest BCUT2D eigenvalue weighted by Crippen LogP contribution is -1.86. The van der Waals surface area contributed by atoms with E-state index in [0.29, 0.717) is 6.42 Å². The molecular formula is C10H9ClN2O. The van der Waals surface area contributed by atoms with Crippen molar-refractivity contribution in [2.45, 2.75) is 6.42 Å². The van der Waals surface area contributed by atoms with Crippen molar-refractivity contribution in [1.29, 1.82) is 0 Å². The predicted octanol–water partition coefficient (Wildman–Crippen LogP) is 2.50. The molecule has 1 aromatic carbocycles. The van der Waals surface area contributed by atoms with Gasteiger partial charge in [0.05, 0.1) is 6.20 Å². The van der Waals surface area contributed by atoms with Crippen LogP contribution in [0.1, 0.15) is 11.3 Å². The lowest BCUT2D eigenvalue weighted by molar-refractivity contribution is 0.534. The van der Waals surface area contributed by atoms with Crippen LogP contribution in [0.5, 0.6) is 0 Å². The normalized spacial score (nSPS) is 10.4. The van der Waals surface area contributed by atoms with Gasteiger partial charge in [0.25, 0.3) is 6.01 Å². The summed E-state index contributed by atoms with van der Waals surface area (Å²) in [6, 6.07) is 7.80. The van der Waals surface area contributed by atoms with Gasteiger partial charge < -0.3 is 10.2 Å². The molecule has 0 saturated heterocycles. The monoisotopic (exact) mass is 208 g/mol. The molecular weight excluding hydrogens is 200 g/mol. The average molecular weight is 209 g/mol. The zero-order chi connectivity index (χ0) is 9.97. The summed E-state index contributed by atoms with van der Waals surface area (Å²) in [7, 11) is 0. The molecule has 14 heavy (non-hydrogen) atoms. The second-order valence-electron chi connectivity index (χ2n) is 2.93. The van der Waals surface area contributed by atoms with E-state index in [0.717, 1.165) is 16.3 Å². The minimum absolute atomic E-state index is 0.187. The molecule has 2 rings (SSSR count). The third-order valence-corrected chi connectivity index (χ3v) is 2.26. The molecule has 0 saturated carbocycles. The van der Waals surface area contributed by atoms with Crippen LogP contribution in [-0.2, 0) is 6.42 Å². The van der Waals surface area contributed by atoms with Gasteiger partial charge in [0.2, 0.25) is 0 Å². The molecule has 0 aliphatic carbocycles. The second kappa shape index (κ2) is 3.72. The number of nitrogens with zero attached hydrogens (tertiary/aromatic N) is 1. The average Bonchev–Trinajstić information content (AvgIpc) is 2.56. The fourth-order valence-corrected chi connectivity index (χ4v) is 1.44. The van der Waals surface area contributed by atoms with Crippen LogP contribution >= 0.6 is 11.6 Å². The van der Waals surface area contributed by atoms with Crippen molar-refractivity contribution in [3.05, 3.63) is 46.8 Å². The fraction of sp³-hybridized carbons (Fsp3) is 0.100. The van der Waals surface area contributed by atoms with Crippen LogP contribution in [0.4, 0.5) is 6.01 Å². The molecule has 0 fully saturated rings. The maximum Gasteiger partial charge on any atom is 0.292 e. The van der Waals surface area contributed by atoms with E-state index in [1.807, 2.05) is 24.3 Å². The highest BCUT2D eigenvalue weighted by atomic mass is 35.5. The quantitative estimate of drug-likeness (QED) is 0.825. The fourth-order valence-electron chi connectivity index (χ4n) is 1.23. The zero-order valence-electron chi connectivity index (χ0n) is 7.40. The predicted molar refractivity (Wildman–Crippen MR) is 55.2 cm³/mol. The second-order valence-corrected chi connectivity index (χ2v) is 3.34. The van der Waals surface area contributed by atoms with Gasteiger partial charge in [-0.1, -0.05) is 29.8 Å². The number of oxazole rings is 1. The van der Waals surface area contributed by atoms with Crippen LogP contribution < -0.4 is 5.73 Å². The number of rotatable bonds is 2. The number of halogens is 1. The molecule has 0 spiro atoms. The SMILES string of the molecule is Nc1ncc(Cc2ccccc2Cl)o1. The first-order chi connectivity index (χ1) is 6.75. The Morgan fingerprint density at radius 1 is 1.36 bits per heavy atom. The number of hydrogen-bond donors (Lipinski definition) is 1. The molecule has 0 amide bonds. The highest BCUT2D eigenvalue weighted by Gasteiger charge is 2.04. The maximum absolute atomic E-state index is 5.99. The summed E-state index contributed by atoms with van der Waals surface area (Å²) >= 11 is 5.99. The van der Waals surface area contributed by atoms with Gasteiger partial charge in [-0.3, -0.25) is 0 Å². The number of anilines is 1. The van der Waals surface area contributed by atoms with Crippen molar-refractivity contribution in [2.75, 3.05) is 5.73 Å². The molecule has 0 radical (unpaired) electrons. The van der Waals surface area contributed by atoms with Crippen molar-refractivity contribution in [3.63, 3.8) is 0 Å². The highest BCUT2D eigenvalue weighted by molar-refractivity contribution is 6.31. The van der Waals surface area contributed by atoms with E-state index in [1.54, 1.807) is 6.20 Å². The largest absolute Gasteiger partial charge is 0.429 e. The van der Waals surface area contributed by atoms with Gasteiger partial charge in [0.15, 0.2) is 0 Å². The number of hydrogen-bond acceptors (Lipinski definition) is 3. The zero-order valence-corrected chi connectivity index (χ0v) is 8.16. The Balaban J connectivity index is 2.23. The third kappa shape index (κ3) is 1.88. The Morgan fingerprint density at radius 2 is 2.14 bits per heavy atom. The number of nitrogen functional groups attached to an aromatic ring is 1. The van der Waals surface area contributed by atoms with Crippen LogP contribution in [0.15, 0.2) is 34.9 Å². The molecule has 72 valence electrons. The van der Waals surface area contributed by atoms with E-state index in [4.69, 9.17) is 21.8 Å². The first kappa shape index (κ1) is 9.09. The molecule has 0 aliphatic heterocycles. The Labute approximate surface area is 86.5 Å². The van der Waals surface area contributed by atoms with Crippen molar-refractivity contribution >= 4 is 17.6 Å². The van der Waals surface area contributed by atoms with Crippen LogP contribution in [0.3, 0.4) is 0 Å². The minimum atomic E-state index is 0.187. The van der Waals surface area contributed by atoms with Crippen LogP contribution in [0.2, 0.25) is 5.02 Å². The molecule has 0 unspecified atom stereocenters. The van der Waals surface area contributed by atoms with Crippen molar-refractivity contribution in [1.82, 2.24) is 4.98 Å². The minimum Gasteiger partial charge on any atom is -0.429 e. The summed E-state index contributed by atoms with van der Waals surface area (Å²) in [5.41, 5.74) is 6.36. The van der Waals surface area contributed by atoms with Gasteiger partial charge in [-0.25, -0.2) is 4.98 Å². The van der Waals surface area contributed by atoms with Gasteiger partial charge in [-0.2, -0.15) is 0 Å². The van der Waals surface area contributed by atoms with E-state index in [9.17, 15) is 0 Å². The summed E-state index contributed by atoms with van der Waals surface area (Å²) in [4.78, 5) is 3.81. The Kier molecular flexibility index (Phi) is 2.41. The number of nitrogens with two attached hydrogens (primary N) is 1. The van der Waals surface area contributed by atoms with Gasteiger partial charge in [-0.05, 0) is 11.6 Å². The smallest absolute Gasteiger partial charge is 0.292 e. The number of benzene rings is 1. The summed E-state index contributed by atoms with van der Waals surface area (Å²) in [6.07, 6.45) is 2.22. The van der Waals surface area contributed by atoms with Crippen LogP contribution in [-0.4, -0.2) is 4.98 Å². The Morgan fingerprint density at radius 3 is 2.79 bits per heavy atom. The van der Waals surface area contributed by atoms with Crippen molar-refractivity contribution in [2.24, 2.45) is 0 Å². The lowest BCUT2D eigenvalue weighted by Gasteiger charge is -1.99. The van der Waals surface area contributed by atoms with E-state index in [2.05, 4.69) is 4.98 Å². The first-order valence-corrected chi connectivity index (χ1v) is 4.57. The molecule has 2 N–H and O–H groups in total. The Bertz CT molecular complexity index is 439. The molecule has 0 bridgehead atoms. The summed E-state index contributed by atoms with van der Waals surface area (Å²) in [5.74, 6) is 0.718. The third-order valence-electron chi connectivity index (χ3n) is 1.89. The van der Waals surface area contributed by atoms with E-state index < -0.39 is 0 Å². The van der Waals surface area contributed by atoms with Gasteiger partial charge in [0.1, 0.15) is 5.76 Å². The summed E-state index contributed by atoms with van der Waals surface area (Å²) in [5, 5.41) is 0.725. The van der Waals surface area contributed by atoms with E-state index in [-0.39, 0.29) is 6.01 Å². The molecule has 0 atom stereocenters. The van der Waals surface area contributed by atoms with Gasteiger partial charge in [-0.15, -0.1) is 0 Å². The standard InChI is InChI=1S/C10H9ClN2O/c11-9-4-2-1-3-7(9)5-8-6-13-10(12)14-8/h1-4,6H,5H2,(H2,12,13). The first-order valence-electron chi connectivity index (χ1n) is 4.19. The molecule has 1 heterocycles. The van der Waals surface area contributed by atoms with Gasteiger partial charge in [0, 0.05) is 11.4 Å². The maximum atomic E-state index is 5.99.